The van der Waals surface area contributed by atoms with Gasteiger partial charge < -0.3 is 15.5 Å². The Morgan fingerprint density at radius 1 is 1.37 bits per heavy atom. The summed E-state index contributed by atoms with van der Waals surface area (Å²) in [4.78, 5) is 27.3. The van der Waals surface area contributed by atoms with E-state index in [1.807, 2.05) is 19.2 Å². The molecule has 1 saturated carbocycles. The minimum atomic E-state index is -0.534. The van der Waals surface area contributed by atoms with Crippen LogP contribution in [0.4, 0.5) is 5.69 Å². The Morgan fingerprint density at radius 3 is 2.97 bits per heavy atom. The smallest absolute Gasteiger partial charge is 0.238 e. The van der Waals surface area contributed by atoms with Crippen LogP contribution in [-0.4, -0.2) is 37.0 Å². The molecule has 3 aliphatic rings. The molecule has 4 atom stereocenters. The van der Waals surface area contributed by atoms with Crippen molar-refractivity contribution >= 4 is 28.8 Å². The molecule has 1 aromatic heterocycles. The summed E-state index contributed by atoms with van der Waals surface area (Å²) >= 11 is 1.60. The Morgan fingerprint density at radius 2 is 2.23 bits per heavy atom. The van der Waals surface area contributed by atoms with Crippen molar-refractivity contribution in [2.75, 3.05) is 11.9 Å². The molecule has 2 N–H and O–H groups in total. The predicted octanol–water partition coefficient (Wildman–Crippen LogP) is 2.63. The van der Waals surface area contributed by atoms with E-state index in [0.29, 0.717) is 24.8 Å². The van der Waals surface area contributed by atoms with E-state index < -0.39 is 6.04 Å². The molecule has 1 aromatic carbocycles. The standard InChI is InChI=1S/C23H24N4O2S/c1-27-20-8-13(2-3-14(20)9-21(27)28)16-7-19(30-12-16)10-18(11-24)26-23(29)22-15-4-5-17(6-15)25-22/h2-3,7-8,12,15,17-18,22,25H,4-6,9-10H2,1H3,(H,26,29)/t15-,17-,18?,22-/m0/s1. The van der Waals surface area contributed by atoms with E-state index in [1.54, 1.807) is 16.2 Å². The van der Waals surface area contributed by atoms with E-state index in [4.69, 9.17) is 0 Å². The average molecular weight is 421 g/mol. The van der Waals surface area contributed by atoms with Crippen LogP contribution in [0, 0.1) is 17.2 Å². The van der Waals surface area contributed by atoms with E-state index in [9.17, 15) is 14.9 Å². The summed E-state index contributed by atoms with van der Waals surface area (Å²) in [5, 5.41) is 18.0. The molecule has 2 aliphatic heterocycles. The van der Waals surface area contributed by atoms with Crippen molar-refractivity contribution in [3.05, 3.63) is 40.1 Å². The molecule has 154 valence electrons. The van der Waals surface area contributed by atoms with Gasteiger partial charge in [0, 0.05) is 30.1 Å². The van der Waals surface area contributed by atoms with Crippen LogP contribution in [0.2, 0.25) is 0 Å². The molecule has 5 rings (SSSR count). The Bertz CT molecular complexity index is 1060. The Kier molecular flexibility index (Phi) is 4.84. The Balaban J connectivity index is 1.26. The topological polar surface area (TPSA) is 85.2 Å². The number of likely N-dealkylation sites (N-methyl/N-ethyl adjacent to an activating group) is 1. The van der Waals surface area contributed by atoms with Gasteiger partial charge in [-0.25, -0.2) is 0 Å². The maximum absolute atomic E-state index is 12.6. The third-order valence-corrected chi connectivity index (χ3v) is 7.63. The second-order valence-electron chi connectivity index (χ2n) is 8.58. The van der Waals surface area contributed by atoms with E-state index >= 15 is 0 Å². The highest BCUT2D eigenvalue weighted by Gasteiger charge is 2.43. The van der Waals surface area contributed by atoms with Crippen LogP contribution in [0.25, 0.3) is 11.1 Å². The minimum absolute atomic E-state index is 0.0446. The zero-order valence-electron chi connectivity index (χ0n) is 16.9. The van der Waals surface area contributed by atoms with Crippen LogP contribution in [0.1, 0.15) is 29.7 Å². The highest BCUT2D eigenvalue weighted by atomic mass is 32.1. The van der Waals surface area contributed by atoms with Gasteiger partial charge in [0.25, 0.3) is 0 Å². The van der Waals surface area contributed by atoms with Crippen LogP contribution in [-0.2, 0) is 22.4 Å². The number of benzene rings is 1. The quantitative estimate of drug-likeness (QED) is 0.779. The highest BCUT2D eigenvalue weighted by molar-refractivity contribution is 7.10. The third-order valence-electron chi connectivity index (χ3n) is 6.67. The van der Waals surface area contributed by atoms with Crippen LogP contribution in [0.5, 0.6) is 0 Å². The maximum atomic E-state index is 12.6. The summed E-state index contributed by atoms with van der Waals surface area (Å²) in [6, 6.07) is 10.2. The van der Waals surface area contributed by atoms with Gasteiger partial charge in [-0.1, -0.05) is 12.1 Å². The number of nitrogens with zero attached hydrogens (tertiary/aromatic N) is 2. The molecule has 7 heteroatoms. The molecule has 1 unspecified atom stereocenters. The number of amides is 2. The zero-order chi connectivity index (χ0) is 20.8. The molecule has 3 heterocycles. The molecule has 2 aromatic rings. The molecular formula is C23H24N4O2S. The van der Waals surface area contributed by atoms with Crippen LogP contribution >= 0.6 is 11.3 Å². The first-order valence-electron chi connectivity index (χ1n) is 10.4. The first-order chi connectivity index (χ1) is 14.5. The fourth-order valence-electron chi connectivity index (χ4n) is 5.00. The largest absolute Gasteiger partial charge is 0.339 e. The second-order valence-corrected chi connectivity index (χ2v) is 9.58. The normalized spacial score (nSPS) is 25.3. The summed E-state index contributed by atoms with van der Waals surface area (Å²) in [7, 11) is 1.81. The summed E-state index contributed by atoms with van der Waals surface area (Å²) < 4.78 is 0. The van der Waals surface area contributed by atoms with Crippen LogP contribution in [0.15, 0.2) is 29.6 Å². The highest BCUT2D eigenvalue weighted by Crippen LogP contribution is 2.36. The van der Waals surface area contributed by atoms with Gasteiger partial charge in [0.15, 0.2) is 0 Å². The minimum Gasteiger partial charge on any atom is -0.339 e. The lowest BCUT2D eigenvalue weighted by molar-refractivity contribution is -0.124. The third kappa shape index (κ3) is 3.40. The number of thiophene rings is 1. The predicted molar refractivity (Wildman–Crippen MR) is 116 cm³/mol. The fraction of sp³-hybridized carbons (Fsp3) is 0.435. The molecule has 2 amide bonds. The molecule has 0 radical (unpaired) electrons. The lowest BCUT2D eigenvalue weighted by Gasteiger charge is -2.23. The summed E-state index contributed by atoms with van der Waals surface area (Å²) in [5.74, 6) is 0.482. The van der Waals surface area contributed by atoms with E-state index in [1.165, 1.54) is 0 Å². The van der Waals surface area contributed by atoms with Crippen LogP contribution in [0.3, 0.4) is 0 Å². The van der Waals surface area contributed by atoms with Crippen molar-refractivity contribution < 1.29 is 9.59 Å². The van der Waals surface area contributed by atoms with Crippen molar-refractivity contribution in [2.24, 2.45) is 5.92 Å². The summed E-state index contributed by atoms with van der Waals surface area (Å²) in [6.45, 7) is 0. The van der Waals surface area contributed by atoms with Gasteiger partial charge in [-0.2, -0.15) is 5.26 Å². The number of carbonyl (C=O) groups excluding carboxylic acids is 2. The number of nitrogens with one attached hydrogen (secondary N) is 2. The van der Waals surface area contributed by atoms with Crippen molar-refractivity contribution in [1.29, 1.82) is 5.26 Å². The van der Waals surface area contributed by atoms with Gasteiger partial charge in [0.2, 0.25) is 11.8 Å². The molecule has 1 saturated heterocycles. The molecule has 2 fully saturated rings. The number of fused-ring (bicyclic) bond motifs is 3. The van der Waals surface area contributed by atoms with Crippen molar-refractivity contribution in [2.45, 2.75) is 50.2 Å². The van der Waals surface area contributed by atoms with Gasteiger partial charge in [-0.15, -0.1) is 11.3 Å². The molecule has 30 heavy (non-hydrogen) atoms. The number of hydrogen-bond donors (Lipinski definition) is 2. The maximum Gasteiger partial charge on any atom is 0.238 e. The van der Waals surface area contributed by atoms with Crippen molar-refractivity contribution in [3.63, 3.8) is 0 Å². The lowest BCUT2D eigenvalue weighted by Crippen LogP contribution is -2.50. The number of piperidine rings is 1. The molecule has 6 nitrogen and oxygen atoms in total. The Labute approximate surface area is 179 Å². The number of hydrogen-bond acceptors (Lipinski definition) is 5. The van der Waals surface area contributed by atoms with Gasteiger partial charge >= 0.3 is 0 Å². The Hall–Kier alpha value is -2.69. The van der Waals surface area contributed by atoms with Crippen LogP contribution < -0.4 is 15.5 Å². The number of rotatable bonds is 5. The molecular weight excluding hydrogens is 396 g/mol. The van der Waals surface area contributed by atoms with Gasteiger partial charge in [0.1, 0.15) is 6.04 Å². The SMILES string of the molecule is CN1C(=O)Cc2ccc(-c3csc(CC(C#N)NC(=O)[C@H]4N[C@H]5CC[C@H]4C5)c3)cc21. The number of carbonyl (C=O) groups is 2. The van der Waals surface area contributed by atoms with Crippen molar-refractivity contribution in [3.8, 4) is 17.2 Å². The lowest BCUT2D eigenvalue weighted by atomic mass is 9.99. The van der Waals surface area contributed by atoms with Gasteiger partial charge in [-0.3, -0.25) is 9.59 Å². The zero-order valence-corrected chi connectivity index (χ0v) is 17.7. The fourth-order valence-corrected chi connectivity index (χ4v) is 5.94. The van der Waals surface area contributed by atoms with Gasteiger partial charge in [0.05, 0.1) is 18.5 Å². The van der Waals surface area contributed by atoms with Crippen molar-refractivity contribution in [1.82, 2.24) is 10.6 Å². The van der Waals surface area contributed by atoms with E-state index in [0.717, 1.165) is 46.5 Å². The molecule has 1 aliphatic carbocycles. The second kappa shape index (κ2) is 7.53. The monoisotopic (exact) mass is 420 g/mol. The van der Waals surface area contributed by atoms with E-state index in [-0.39, 0.29) is 17.9 Å². The molecule has 0 spiro atoms. The van der Waals surface area contributed by atoms with E-state index in [2.05, 4.69) is 34.2 Å². The van der Waals surface area contributed by atoms with Gasteiger partial charge in [-0.05, 0) is 59.4 Å². The first-order valence-corrected chi connectivity index (χ1v) is 11.3. The summed E-state index contributed by atoms with van der Waals surface area (Å²) in [6.07, 6.45) is 4.29. The molecule has 2 bridgehead atoms. The number of anilines is 1. The summed E-state index contributed by atoms with van der Waals surface area (Å²) in [5.41, 5.74) is 4.15. The number of nitriles is 1. The first kappa shape index (κ1) is 19.3. The average Bonchev–Trinajstić information content (AvgIpc) is 3.53.